The molecule has 1 N–H and O–H groups in total. The van der Waals surface area contributed by atoms with Gasteiger partial charge in [0.2, 0.25) is 5.91 Å². The van der Waals surface area contributed by atoms with Gasteiger partial charge in [-0.1, -0.05) is 29.6 Å². The normalized spacial score (nSPS) is 25.2. The molecule has 1 aromatic heterocycles. The Kier molecular flexibility index (Phi) is 5.04. The van der Waals surface area contributed by atoms with E-state index in [1.165, 1.54) is 11.3 Å². The molecule has 26 heavy (non-hydrogen) atoms. The smallest absolute Gasteiger partial charge is 0.229 e. The minimum atomic E-state index is -0.106. The lowest BCUT2D eigenvalue weighted by Crippen LogP contribution is -2.40. The molecule has 2 bridgehead atoms. The Morgan fingerprint density at radius 2 is 1.92 bits per heavy atom. The summed E-state index contributed by atoms with van der Waals surface area (Å²) in [6.07, 6.45) is 4.28. The van der Waals surface area contributed by atoms with Crippen molar-refractivity contribution in [2.75, 3.05) is 5.32 Å². The van der Waals surface area contributed by atoms with Crippen LogP contribution in [0.15, 0.2) is 23.6 Å². The summed E-state index contributed by atoms with van der Waals surface area (Å²) >= 11 is 13.6. The highest BCUT2D eigenvalue weighted by molar-refractivity contribution is 7.14. The van der Waals surface area contributed by atoms with E-state index in [4.69, 9.17) is 23.2 Å². The number of rotatable bonds is 3. The quantitative estimate of drug-likeness (QED) is 0.733. The molecule has 2 aliphatic rings. The molecular formula is C19H18Cl2N2O2S. The third-order valence-corrected chi connectivity index (χ3v) is 6.68. The minimum Gasteiger partial charge on any atom is -0.302 e. The van der Waals surface area contributed by atoms with Crippen molar-refractivity contribution in [3.63, 3.8) is 0 Å². The fourth-order valence-corrected chi connectivity index (χ4v) is 5.15. The molecular weight excluding hydrogens is 391 g/mol. The van der Waals surface area contributed by atoms with E-state index in [0.29, 0.717) is 39.5 Å². The molecule has 2 fully saturated rings. The number of benzene rings is 1. The van der Waals surface area contributed by atoms with E-state index < -0.39 is 0 Å². The Hall–Kier alpha value is -1.43. The molecule has 2 aromatic rings. The van der Waals surface area contributed by atoms with Gasteiger partial charge < -0.3 is 5.32 Å². The van der Waals surface area contributed by atoms with E-state index in [1.807, 2.05) is 5.38 Å². The van der Waals surface area contributed by atoms with Gasteiger partial charge in [0.05, 0.1) is 10.7 Å². The van der Waals surface area contributed by atoms with Crippen LogP contribution in [0.4, 0.5) is 5.13 Å². The molecule has 1 aromatic carbocycles. The molecule has 1 heterocycles. The van der Waals surface area contributed by atoms with Gasteiger partial charge in [-0.3, -0.25) is 9.59 Å². The summed E-state index contributed by atoms with van der Waals surface area (Å²) in [4.78, 5) is 29.3. The van der Waals surface area contributed by atoms with Crippen LogP contribution in [0.1, 0.15) is 32.1 Å². The number of nitrogens with zero attached hydrogens (tertiary/aromatic N) is 1. The lowest BCUT2D eigenvalue weighted by atomic mass is 9.67. The van der Waals surface area contributed by atoms with Gasteiger partial charge in [0.15, 0.2) is 5.13 Å². The zero-order valence-corrected chi connectivity index (χ0v) is 16.3. The van der Waals surface area contributed by atoms with Crippen molar-refractivity contribution >= 4 is 51.4 Å². The molecule has 7 heteroatoms. The molecule has 2 aliphatic carbocycles. The number of amides is 1. The van der Waals surface area contributed by atoms with Crippen LogP contribution >= 0.6 is 34.5 Å². The largest absolute Gasteiger partial charge is 0.302 e. The number of anilines is 1. The monoisotopic (exact) mass is 408 g/mol. The fraction of sp³-hybridized carbons (Fsp3) is 0.421. The van der Waals surface area contributed by atoms with Crippen molar-refractivity contribution in [1.82, 2.24) is 4.98 Å². The second kappa shape index (κ2) is 7.29. The Labute approximate surface area is 165 Å². The van der Waals surface area contributed by atoms with Crippen LogP contribution < -0.4 is 5.32 Å². The van der Waals surface area contributed by atoms with Crippen molar-refractivity contribution in [2.24, 2.45) is 17.8 Å². The SMILES string of the molecule is O=C(Nc1nc(-c2cc(Cl)ccc2Cl)cs1)C1C[C@H]2CCC[C@H](C1)C2=O. The second-order valence-electron chi connectivity index (χ2n) is 7.05. The molecule has 2 atom stereocenters. The van der Waals surface area contributed by atoms with Crippen LogP contribution in [0.25, 0.3) is 11.3 Å². The van der Waals surface area contributed by atoms with E-state index in [2.05, 4.69) is 10.3 Å². The number of carbonyl (C=O) groups excluding carboxylic acids is 2. The molecule has 2 saturated carbocycles. The first-order chi connectivity index (χ1) is 12.5. The second-order valence-corrected chi connectivity index (χ2v) is 8.75. The molecule has 0 saturated heterocycles. The van der Waals surface area contributed by atoms with Gasteiger partial charge in [0.1, 0.15) is 5.78 Å². The predicted octanol–water partition coefficient (Wildman–Crippen LogP) is 5.45. The van der Waals surface area contributed by atoms with E-state index in [9.17, 15) is 9.59 Å². The zero-order valence-electron chi connectivity index (χ0n) is 14.0. The van der Waals surface area contributed by atoms with Gasteiger partial charge >= 0.3 is 0 Å². The van der Waals surface area contributed by atoms with E-state index in [0.717, 1.165) is 24.8 Å². The Morgan fingerprint density at radius 1 is 1.19 bits per heavy atom. The summed E-state index contributed by atoms with van der Waals surface area (Å²) < 4.78 is 0. The first-order valence-corrected chi connectivity index (χ1v) is 10.4. The van der Waals surface area contributed by atoms with Crippen LogP contribution in [0, 0.1) is 17.8 Å². The van der Waals surface area contributed by atoms with Gasteiger partial charge in [-0.05, 0) is 43.9 Å². The van der Waals surface area contributed by atoms with Crippen molar-refractivity contribution in [1.29, 1.82) is 0 Å². The van der Waals surface area contributed by atoms with Gasteiger partial charge in [-0.2, -0.15) is 0 Å². The topological polar surface area (TPSA) is 59.1 Å². The average Bonchev–Trinajstić information content (AvgIpc) is 3.05. The number of ketones is 1. The number of Topliss-reactive ketones (excluding diaryl/α,β-unsaturated/α-hetero) is 1. The Bertz CT molecular complexity index is 851. The highest BCUT2D eigenvalue weighted by Gasteiger charge is 2.41. The maximum atomic E-state index is 12.7. The standard InChI is InChI=1S/C19H18Cl2N2O2S/c20-13-4-5-15(21)14(8-13)16-9-26-19(22-16)23-18(25)12-6-10-2-1-3-11(7-12)17(10)24/h4-5,8-12H,1-3,6-7H2,(H,22,23,25)/t10-,11-/m1/s1. The van der Waals surface area contributed by atoms with Crippen molar-refractivity contribution in [2.45, 2.75) is 32.1 Å². The van der Waals surface area contributed by atoms with Crippen molar-refractivity contribution < 1.29 is 9.59 Å². The van der Waals surface area contributed by atoms with E-state index in [1.54, 1.807) is 18.2 Å². The minimum absolute atomic E-state index is 0.0347. The number of fused-ring (bicyclic) bond motifs is 2. The van der Waals surface area contributed by atoms with Crippen LogP contribution in [-0.4, -0.2) is 16.7 Å². The first kappa shape index (κ1) is 18.0. The number of nitrogens with one attached hydrogen (secondary N) is 1. The molecule has 136 valence electrons. The summed E-state index contributed by atoms with van der Waals surface area (Å²) in [5.41, 5.74) is 1.43. The number of halogens is 2. The zero-order chi connectivity index (χ0) is 18.3. The summed E-state index contributed by atoms with van der Waals surface area (Å²) in [5, 5.41) is 6.47. The molecule has 0 unspecified atom stereocenters. The first-order valence-electron chi connectivity index (χ1n) is 8.77. The molecule has 1 amide bonds. The predicted molar refractivity (Wildman–Crippen MR) is 105 cm³/mol. The van der Waals surface area contributed by atoms with E-state index in [-0.39, 0.29) is 23.7 Å². The van der Waals surface area contributed by atoms with Crippen molar-refractivity contribution in [3.8, 4) is 11.3 Å². The van der Waals surface area contributed by atoms with Crippen LogP contribution in [0.3, 0.4) is 0 Å². The van der Waals surface area contributed by atoms with Crippen molar-refractivity contribution in [3.05, 3.63) is 33.6 Å². The highest BCUT2D eigenvalue weighted by Crippen LogP contribution is 2.40. The maximum absolute atomic E-state index is 12.7. The lowest BCUT2D eigenvalue weighted by molar-refractivity contribution is -0.136. The van der Waals surface area contributed by atoms with Gasteiger partial charge in [0, 0.05) is 33.7 Å². The summed E-state index contributed by atoms with van der Waals surface area (Å²) in [5.74, 6) is 0.357. The lowest BCUT2D eigenvalue weighted by Gasteiger charge is -2.36. The number of thiazole rings is 1. The molecule has 0 aliphatic heterocycles. The molecule has 4 nitrogen and oxygen atoms in total. The molecule has 4 rings (SSSR count). The summed E-state index contributed by atoms with van der Waals surface area (Å²) in [6.45, 7) is 0. The Balaban J connectivity index is 1.47. The Morgan fingerprint density at radius 3 is 2.65 bits per heavy atom. The maximum Gasteiger partial charge on any atom is 0.229 e. The third-order valence-electron chi connectivity index (χ3n) is 5.36. The number of hydrogen-bond donors (Lipinski definition) is 1. The third kappa shape index (κ3) is 3.53. The summed E-state index contributed by atoms with van der Waals surface area (Å²) in [6, 6.07) is 5.22. The molecule has 0 spiro atoms. The highest BCUT2D eigenvalue weighted by atomic mass is 35.5. The van der Waals surface area contributed by atoms with Gasteiger partial charge in [-0.15, -0.1) is 11.3 Å². The number of aromatic nitrogens is 1. The fourth-order valence-electron chi connectivity index (χ4n) is 4.05. The van der Waals surface area contributed by atoms with Crippen LogP contribution in [0.5, 0.6) is 0 Å². The van der Waals surface area contributed by atoms with Crippen LogP contribution in [0.2, 0.25) is 10.0 Å². The van der Waals surface area contributed by atoms with Gasteiger partial charge in [-0.25, -0.2) is 4.98 Å². The van der Waals surface area contributed by atoms with Gasteiger partial charge in [0.25, 0.3) is 0 Å². The average molecular weight is 409 g/mol. The summed E-state index contributed by atoms with van der Waals surface area (Å²) in [7, 11) is 0. The molecule has 0 radical (unpaired) electrons. The van der Waals surface area contributed by atoms with E-state index >= 15 is 0 Å². The number of carbonyl (C=O) groups is 2. The van der Waals surface area contributed by atoms with Crippen LogP contribution in [-0.2, 0) is 9.59 Å². The number of hydrogen-bond acceptors (Lipinski definition) is 4.